The number of rotatable bonds is 7. The van der Waals surface area contributed by atoms with Gasteiger partial charge in [0.05, 0.1) is 5.56 Å². The summed E-state index contributed by atoms with van der Waals surface area (Å²) in [6.45, 7) is 6.30. The molecule has 1 aliphatic rings. The first-order valence-corrected chi connectivity index (χ1v) is 10.2. The highest BCUT2D eigenvalue weighted by Gasteiger charge is 2.26. The van der Waals surface area contributed by atoms with Crippen molar-refractivity contribution in [2.75, 3.05) is 13.1 Å². The Morgan fingerprint density at radius 2 is 1.64 bits per heavy atom. The van der Waals surface area contributed by atoms with E-state index in [1.807, 2.05) is 18.2 Å². The molecule has 1 saturated heterocycles. The van der Waals surface area contributed by atoms with Gasteiger partial charge in [-0.1, -0.05) is 62.4 Å². The Morgan fingerprint density at radius 1 is 1.00 bits per heavy atom. The topological polar surface area (TPSA) is 49.4 Å². The molecule has 0 bridgehead atoms. The van der Waals surface area contributed by atoms with Crippen LogP contribution < -0.4 is 5.32 Å². The van der Waals surface area contributed by atoms with E-state index in [0.29, 0.717) is 22.7 Å². The van der Waals surface area contributed by atoms with Crippen molar-refractivity contribution in [2.24, 2.45) is 0 Å². The molecule has 1 unspecified atom stereocenters. The highest BCUT2D eigenvalue weighted by Crippen LogP contribution is 2.18. The zero-order valence-electron chi connectivity index (χ0n) is 16.7. The first kappa shape index (κ1) is 20.3. The summed E-state index contributed by atoms with van der Waals surface area (Å²) >= 11 is 0. The average molecular weight is 378 g/mol. The van der Waals surface area contributed by atoms with Crippen LogP contribution in [-0.2, 0) is 0 Å². The first-order chi connectivity index (χ1) is 13.6. The molecule has 2 aromatic rings. The monoisotopic (exact) mass is 377 g/mol. The third-order valence-corrected chi connectivity index (χ3v) is 5.53. The van der Waals surface area contributed by atoms with E-state index in [1.165, 1.54) is 0 Å². The van der Waals surface area contributed by atoms with Gasteiger partial charge in [-0.15, -0.1) is 0 Å². The lowest BCUT2D eigenvalue weighted by Crippen LogP contribution is -2.51. The first-order valence-electron chi connectivity index (χ1n) is 10.2. The SMILES string of the molecule is CCC(CC)N1CC[CH]C(NC(=O)c2ccccc2C(=O)c2ccccc2)C1. The number of benzene rings is 2. The van der Waals surface area contributed by atoms with E-state index in [2.05, 4.69) is 30.5 Å². The van der Waals surface area contributed by atoms with Gasteiger partial charge in [-0.2, -0.15) is 0 Å². The van der Waals surface area contributed by atoms with E-state index < -0.39 is 0 Å². The number of hydrogen-bond donors (Lipinski definition) is 1. The van der Waals surface area contributed by atoms with Gasteiger partial charge in [0.25, 0.3) is 5.91 Å². The number of ketones is 1. The molecule has 0 spiro atoms. The van der Waals surface area contributed by atoms with Gasteiger partial charge in [0.2, 0.25) is 0 Å². The van der Waals surface area contributed by atoms with E-state index in [1.54, 1.807) is 36.4 Å². The molecule has 0 aromatic heterocycles. The molecule has 1 amide bonds. The number of carbonyl (C=O) groups is 2. The van der Waals surface area contributed by atoms with Gasteiger partial charge in [0.15, 0.2) is 5.78 Å². The van der Waals surface area contributed by atoms with Crippen molar-refractivity contribution in [1.82, 2.24) is 10.2 Å². The van der Waals surface area contributed by atoms with Gasteiger partial charge in [0.1, 0.15) is 0 Å². The quantitative estimate of drug-likeness (QED) is 0.739. The van der Waals surface area contributed by atoms with Crippen LogP contribution in [0.5, 0.6) is 0 Å². The predicted octanol–water partition coefficient (Wildman–Crippen LogP) is 4.11. The van der Waals surface area contributed by atoms with E-state index in [-0.39, 0.29) is 17.7 Å². The van der Waals surface area contributed by atoms with Crippen molar-refractivity contribution in [1.29, 1.82) is 0 Å². The van der Waals surface area contributed by atoms with Gasteiger partial charge >= 0.3 is 0 Å². The van der Waals surface area contributed by atoms with Crippen molar-refractivity contribution >= 4 is 11.7 Å². The van der Waals surface area contributed by atoms with Crippen LogP contribution in [0.4, 0.5) is 0 Å². The number of hydrogen-bond acceptors (Lipinski definition) is 3. The standard InChI is InChI=1S/C24H29N2O2/c1-3-20(4-2)26-16-10-13-19(17-26)25-24(28)22-15-9-8-14-21(22)23(27)18-11-6-5-7-12-18/h5-9,11-15,19-20H,3-4,10,16-17H2,1-2H3,(H,25,28). The molecular weight excluding hydrogens is 348 g/mol. The van der Waals surface area contributed by atoms with Gasteiger partial charge < -0.3 is 5.32 Å². The Labute approximate surface area is 167 Å². The smallest absolute Gasteiger partial charge is 0.252 e. The average Bonchev–Trinajstić information content (AvgIpc) is 2.75. The molecule has 3 rings (SSSR count). The van der Waals surface area contributed by atoms with Crippen LogP contribution >= 0.6 is 0 Å². The molecule has 0 aliphatic carbocycles. The van der Waals surface area contributed by atoms with Crippen LogP contribution in [0.3, 0.4) is 0 Å². The molecule has 28 heavy (non-hydrogen) atoms. The number of nitrogens with one attached hydrogen (secondary N) is 1. The van der Waals surface area contributed by atoms with Crippen LogP contribution in [0.1, 0.15) is 59.4 Å². The Bertz CT molecular complexity index is 799. The molecular formula is C24H29N2O2. The number of amides is 1. The number of likely N-dealkylation sites (tertiary alicyclic amines) is 1. The summed E-state index contributed by atoms with van der Waals surface area (Å²) in [5, 5.41) is 3.13. The fourth-order valence-corrected chi connectivity index (χ4v) is 3.97. The summed E-state index contributed by atoms with van der Waals surface area (Å²) < 4.78 is 0. The minimum atomic E-state index is -0.187. The van der Waals surface area contributed by atoms with Gasteiger partial charge in [-0.3, -0.25) is 14.5 Å². The maximum absolute atomic E-state index is 13.0. The summed E-state index contributed by atoms with van der Waals surface area (Å²) in [5.74, 6) is -0.315. The van der Waals surface area contributed by atoms with Crippen molar-refractivity contribution < 1.29 is 9.59 Å². The minimum Gasteiger partial charge on any atom is -0.348 e. The van der Waals surface area contributed by atoms with Crippen molar-refractivity contribution in [3.63, 3.8) is 0 Å². The Hall–Kier alpha value is -2.46. The second kappa shape index (κ2) is 9.65. The van der Waals surface area contributed by atoms with Crippen molar-refractivity contribution in [3.8, 4) is 0 Å². The third-order valence-electron chi connectivity index (χ3n) is 5.53. The molecule has 1 fully saturated rings. The number of piperidine rings is 1. The van der Waals surface area contributed by atoms with Crippen LogP contribution in [0.15, 0.2) is 54.6 Å². The fraction of sp³-hybridized carbons (Fsp3) is 0.375. The van der Waals surface area contributed by atoms with Crippen LogP contribution in [0.25, 0.3) is 0 Å². The molecule has 147 valence electrons. The lowest BCUT2D eigenvalue weighted by molar-refractivity contribution is 0.0895. The summed E-state index contributed by atoms with van der Waals surface area (Å²) in [6.07, 6.45) is 5.38. The van der Waals surface area contributed by atoms with Crippen LogP contribution in [0.2, 0.25) is 0 Å². The fourth-order valence-electron chi connectivity index (χ4n) is 3.97. The van der Waals surface area contributed by atoms with Crippen molar-refractivity contribution in [3.05, 3.63) is 77.7 Å². The Morgan fingerprint density at radius 3 is 2.32 bits per heavy atom. The molecule has 2 aromatic carbocycles. The van der Waals surface area contributed by atoms with Gasteiger partial charge in [0, 0.05) is 29.8 Å². The van der Waals surface area contributed by atoms with Crippen LogP contribution in [-0.4, -0.2) is 41.8 Å². The van der Waals surface area contributed by atoms with E-state index in [0.717, 1.165) is 32.4 Å². The largest absolute Gasteiger partial charge is 0.348 e. The molecule has 1 N–H and O–H groups in total. The second-order valence-electron chi connectivity index (χ2n) is 7.31. The zero-order valence-corrected chi connectivity index (χ0v) is 16.7. The molecule has 1 aliphatic heterocycles. The lowest BCUT2D eigenvalue weighted by Gasteiger charge is -2.37. The number of carbonyl (C=O) groups excluding carboxylic acids is 2. The number of nitrogens with zero attached hydrogens (tertiary/aromatic N) is 1. The van der Waals surface area contributed by atoms with Gasteiger partial charge in [-0.05, 0) is 38.3 Å². The normalized spacial score (nSPS) is 17.5. The lowest BCUT2D eigenvalue weighted by atomic mass is 9.97. The van der Waals surface area contributed by atoms with E-state index >= 15 is 0 Å². The highest BCUT2D eigenvalue weighted by molar-refractivity contribution is 6.15. The minimum absolute atomic E-state index is 0.00161. The van der Waals surface area contributed by atoms with E-state index in [4.69, 9.17) is 0 Å². The predicted molar refractivity (Wildman–Crippen MR) is 112 cm³/mol. The molecule has 1 heterocycles. The summed E-state index contributed by atoms with van der Waals surface area (Å²) in [5.41, 5.74) is 1.47. The maximum Gasteiger partial charge on any atom is 0.252 e. The summed E-state index contributed by atoms with van der Waals surface area (Å²) in [6, 6.07) is 16.7. The maximum atomic E-state index is 13.0. The molecule has 1 atom stereocenters. The molecule has 1 radical (unpaired) electrons. The highest BCUT2D eigenvalue weighted by atomic mass is 16.2. The molecule has 4 heteroatoms. The molecule has 0 saturated carbocycles. The second-order valence-corrected chi connectivity index (χ2v) is 7.31. The third kappa shape index (κ3) is 4.68. The summed E-state index contributed by atoms with van der Waals surface area (Å²) in [4.78, 5) is 28.3. The Balaban J connectivity index is 1.74. The van der Waals surface area contributed by atoms with Gasteiger partial charge in [-0.25, -0.2) is 0 Å². The van der Waals surface area contributed by atoms with E-state index in [9.17, 15) is 9.59 Å². The van der Waals surface area contributed by atoms with Crippen LogP contribution in [0, 0.1) is 6.42 Å². The van der Waals surface area contributed by atoms with Crippen molar-refractivity contribution in [2.45, 2.75) is 45.2 Å². The summed E-state index contributed by atoms with van der Waals surface area (Å²) in [7, 11) is 0. The Kier molecular flexibility index (Phi) is 6.99. The zero-order chi connectivity index (χ0) is 19.9. The molecule has 4 nitrogen and oxygen atoms in total.